The lowest BCUT2D eigenvalue weighted by molar-refractivity contribution is -0.227. The fourth-order valence-corrected chi connectivity index (χ4v) is 4.54. The number of ketones is 1. The van der Waals surface area contributed by atoms with Gasteiger partial charge in [-0.25, -0.2) is 0 Å². The van der Waals surface area contributed by atoms with Crippen LogP contribution in [0.4, 0.5) is 0 Å². The first-order valence-electron chi connectivity index (χ1n) is 8.89. The van der Waals surface area contributed by atoms with Gasteiger partial charge in [-0.1, -0.05) is 12.1 Å². The summed E-state index contributed by atoms with van der Waals surface area (Å²) >= 11 is 0. The van der Waals surface area contributed by atoms with Crippen molar-refractivity contribution in [2.45, 2.75) is 37.9 Å². The minimum Gasteiger partial charge on any atom is -0.497 e. The second-order valence-electron chi connectivity index (χ2n) is 6.96. The molecule has 1 aliphatic heterocycles. The molecule has 0 aromatic heterocycles. The number of Topliss-reactive ketones (excluding diaryl/α,β-unsaturated/α-hetero) is 1. The number of ether oxygens (including phenoxy) is 3. The van der Waals surface area contributed by atoms with Crippen molar-refractivity contribution < 1.29 is 19.0 Å². The van der Waals surface area contributed by atoms with Crippen LogP contribution >= 0.6 is 0 Å². The highest BCUT2D eigenvalue weighted by atomic mass is 16.7. The molecular formula is C20H24O4. The van der Waals surface area contributed by atoms with Gasteiger partial charge in [0.15, 0.2) is 11.6 Å². The summed E-state index contributed by atoms with van der Waals surface area (Å²) in [6.45, 7) is 1.32. The summed E-state index contributed by atoms with van der Waals surface area (Å²) in [4.78, 5) is 13.0. The Hall–Kier alpha value is -1.65. The summed E-state index contributed by atoms with van der Waals surface area (Å²) < 4.78 is 17.1. The molecule has 0 amide bonds. The molecule has 0 unspecified atom stereocenters. The lowest BCUT2D eigenvalue weighted by atomic mass is 9.65. The smallest absolute Gasteiger partial charge is 0.171 e. The highest BCUT2D eigenvalue weighted by molar-refractivity contribution is 6.02. The zero-order valence-electron chi connectivity index (χ0n) is 14.1. The number of benzene rings is 1. The van der Waals surface area contributed by atoms with Crippen molar-refractivity contribution in [1.29, 1.82) is 0 Å². The van der Waals surface area contributed by atoms with E-state index in [2.05, 4.69) is 0 Å². The molecule has 0 radical (unpaired) electrons. The van der Waals surface area contributed by atoms with Crippen LogP contribution in [0.1, 0.15) is 37.7 Å². The molecule has 1 aromatic rings. The first kappa shape index (κ1) is 15.9. The van der Waals surface area contributed by atoms with E-state index in [1.54, 1.807) is 7.11 Å². The second-order valence-corrected chi connectivity index (χ2v) is 6.96. The molecule has 24 heavy (non-hydrogen) atoms. The molecule has 0 bridgehead atoms. The number of rotatable bonds is 2. The molecule has 2 aliphatic carbocycles. The number of carbonyl (C=O) groups is 1. The maximum atomic E-state index is 13.0. The van der Waals surface area contributed by atoms with E-state index < -0.39 is 5.79 Å². The number of carbonyl (C=O) groups excluding carboxylic acids is 1. The van der Waals surface area contributed by atoms with Crippen molar-refractivity contribution in [1.82, 2.24) is 0 Å². The summed E-state index contributed by atoms with van der Waals surface area (Å²) in [7, 11) is 1.66. The number of hydrogen-bond donors (Lipinski definition) is 0. The lowest BCUT2D eigenvalue weighted by Gasteiger charge is -2.46. The first-order chi connectivity index (χ1) is 11.7. The van der Waals surface area contributed by atoms with E-state index in [-0.39, 0.29) is 11.8 Å². The molecule has 0 N–H and O–H groups in total. The largest absolute Gasteiger partial charge is 0.497 e. The monoisotopic (exact) mass is 328 g/mol. The van der Waals surface area contributed by atoms with Crippen molar-refractivity contribution in [3.63, 3.8) is 0 Å². The van der Waals surface area contributed by atoms with E-state index in [1.165, 1.54) is 0 Å². The molecule has 128 valence electrons. The van der Waals surface area contributed by atoms with E-state index in [1.807, 2.05) is 30.3 Å². The Morgan fingerprint density at radius 1 is 1.17 bits per heavy atom. The molecule has 3 aliphatic rings. The number of fused-ring (bicyclic) bond motifs is 2. The maximum Gasteiger partial charge on any atom is 0.171 e. The van der Waals surface area contributed by atoms with Crippen LogP contribution < -0.4 is 4.74 Å². The minimum atomic E-state index is -0.482. The average Bonchev–Trinajstić information content (AvgIpc) is 3.08. The van der Waals surface area contributed by atoms with Crippen LogP contribution in [-0.4, -0.2) is 31.9 Å². The van der Waals surface area contributed by atoms with Crippen molar-refractivity contribution in [3.05, 3.63) is 35.4 Å². The topological polar surface area (TPSA) is 44.8 Å². The SMILES string of the molecule is COc1ccc(/C=C2/CC[C@@H]3[C@H](CCCC34OCCO4)C2=O)cc1. The quantitative estimate of drug-likeness (QED) is 0.778. The van der Waals surface area contributed by atoms with Gasteiger partial charge in [-0.05, 0) is 55.0 Å². The summed E-state index contributed by atoms with van der Waals surface area (Å²) in [5, 5.41) is 0. The molecule has 1 heterocycles. The van der Waals surface area contributed by atoms with Crippen molar-refractivity contribution in [2.24, 2.45) is 11.8 Å². The highest BCUT2D eigenvalue weighted by Gasteiger charge is 2.53. The first-order valence-corrected chi connectivity index (χ1v) is 8.89. The Morgan fingerprint density at radius 3 is 2.62 bits per heavy atom. The van der Waals surface area contributed by atoms with Crippen LogP contribution in [0, 0.1) is 11.8 Å². The average molecular weight is 328 g/mol. The van der Waals surface area contributed by atoms with Gasteiger partial charge in [0.1, 0.15) is 5.75 Å². The van der Waals surface area contributed by atoms with E-state index in [9.17, 15) is 4.79 Å². The van der Waals surface area contributed by atoms with Crippen LogP contribution in [-0.2, 0) is 14.3 Å². The van der Waals surface area contributed by atoms with Crippen LogP contribution in [0.2, 0.25) is 0 Å². The van der Waals surface area contributed by atoms with Gasteiger partial charge in [-0.3, -0.25) is 4.79 Å². The van der Waals surface area contributed by atoms with Gasteiger partial charge >= 0.3 is 0 Å². The molecular weight excluding hydrogens is 304 g/mol. The number of methoxy groups -OCH3 is 1. The third kappa shape index (κ3) is 2.68. The van der Waals surface area contributed by atoms with E-state index in [4.69, 9.17) is 14.2 Å². The lowest BCUT2D eigenvalue weighted by Crippen LogP contribution is -2.50. The van der Waals surface area contributed by atoms with Crippen LogP contribution in [0.15, 0.2) is 29.8 Å². The normalized spacial score (nSPS) is 30.5. The molecule has 2 atom stereocenters. The predicted octanol–water partition coefficient (Wildman–Crippen LogP) is 3.60. The molecule has 1 saturated heterocycles. The third-order valence-electron chi connectivity index (χ3n) is 5.70. The van der Waals surface area contributed by atoms with Gasteiger partial charge < -0.3 is 14.2 Å². The van der Waals surface area contributed by atoms with Crippen molar-refractivity contribution in [3.8, 4) is 5.75 Å². The Morgan fingerprint density at radius 2 is 1.92 bits per heavy atom. The molecule has 4 rings (SSSR count). The Balaban J connectivity index is 1.56. The highest BCUT2D eigenvalue weighted by Crippen LogP contribution is 2.49. The standard InChI is InChI=1S/C20H24O4/c1-22-16-7-4-14(5-8-16)13-15-6-9-18-17(19(15)21)3-2-10-20(18)23-11-12-24-20/h4-5,7-8,13,17-18H,2-3,6,9-12H2,1H3/b15-13-/t17-,18+/m0/s1. The van der Waals surface area contributed by atoms with E-state index in [0.29, 0.717) is 19.0 Å². The van der Waals surface area contributed by atoms with Gasteiger partial charge in [0.2, 0.25) is 0 Å². The molecule has 1 aromatic carbocycles. The molecule has 4 nitrogen and oxygen atoms in total. The fraction of sp³-hybridized carbons (Fsp3) is 0.550. The van der Waals surface area contributed by atoms with Gasteiger partial charge in [0, 0.05) is 18.3 Å². The number of hydrogen-bond acceptors (Lipinski definition) is 4. The van der Waals surface area contributed by atoms with Gasteiger partial charge in [0.25, 0.3) is 0 Å². The number of allylic oxidation sites excluding steroid dienone is 1. The van der Waals surface area contributed by atoms with Crippen molar-refractivity contribution >= 4 is 11.9 Å². The summed E-state index contributed by atoms with van der Waals surface area (Å²) in [5.41, 5.74) is 1.99. The van der Waals surface area contributed by atoms with Gasteiger partial charge in [-0.2, -0.15) is 0 Å². The van der Waals surface area contributed by atoms with E-state index >= 15 is 0 Å². The maximum absolute atomic E-state index is 13.0. The zero-order chi connectivity index (χ0) is 16.6. The fourth-order valence-electron chi connectivity index (χ4n) is 4.54. The summed E-state index contributed by atoms with van der Waals surface area (Å²) in [5.74, 6) is 0.908. The second kappa shape index (κ2) is 6.34. The molecule has 2 saturated carbocycles. The van der Waals surface area contributed by atoms with E-state index in [0.717, 1.165) is 49.0 Å². The third-order valence-corrected chi connectivity index (χ3v) is 5.70. The molecule has 1 spiro atoms. The summed E-state index contributed by atoms with van der Waals surface area (Å²) in [6, 6.07) is 7.85. The van der Waals surface area contributed by atoms with Crippen LogP contribution in [0.5, 0.6) is 5.75 Å². The van der Waals surface area contributed by atoms with Crippen LogP contribution in [0.3, 0.4) is 0 Å². The predicted molar refractivity (Wildman–Crippen MR) is 90.7 cm³/mol. The van der Waals surface area contributed by atoms with Gasteiger partial charge in [0.05, 0.1) is 20.3 Å². The molecule has 3 fully saturated rings. The van der Waals surface area contributed by atoms with Crippen LogP contribution in [0.25, 0.3) is 6.08 Å². The minimum absolute atomic E-state index is 0.0510. The van der Waals surface area contributed by atoms with Gasteiger partial charge in [-0.15, -0.1) is 0 Å². The summed E-state index contributed by atoms with van der Waals surface area (Å²) in [6.07, 6.45) is 6.70. The molecule has 4 heteroatoms. The Kier molecular flexibility index (Phi) is 4.19. The van der Waals surface area contributed by atoms with Crippen molar-refractivity contribution in [2.75, 3.05) is 20.3 Å². The Bertz CT molecular complexity index is 640. The zero-order valence-corrected chi connectivity index (χ0v) is 14.1. The Labute approximate surface area is 142 Å².